The molecule has 0 unspecified atom stereocenters. The lowest BCUT2D eigenvalue weighted by Crippen LogP contribution is -2.49. The zero-order valence-corrected chi connectivity index (χ0v) is 16.1. The fourth-order valence-corrected chi connectivity index (χ4v) is 4.62. The van der Waals surface area contributed by atoms with Gasteiger partial charge in [0, 0.05) is 45.0 Å². The molecule has 1 saturated heterocycles. The first-order valence-electron chi connectivity index (χ1n) is 8.55. The lowest BCUT2D eigenvalue weighted by molar-refractivity contribution is -0.0440. The maximum atomic E-state index is 12.5. The van der Waals surface area contributed by atoms with E-state index < -0.39 is 10.0 Å². The Morgan fingerprint density at radius 2 is 1.96 bits per heavy atom. The van der Waals surface area contributed by atoms with E-state index in [2.05, 4.69) is 24.3 Å². The molecule has 1 aromatic heterocycles. The molecule has 0 bridgehead atoms. The first kappa shape index (κ1) is 19.4. The fraction of sp³-hybridized carbons (Fsp3) is 0.812. The van der Waals surface area contributed by atoms with Crippen molar-refractivity contribution in [1.82, 2.24) is 19.4 Å². The molecule has 1 aliphatic rings. The van der Waals surface area contributed by atoms with E-state index in [1.165, 1.54) is 0 Å². The minimum absolute atomic E-state index is 0.0551. The van der Waals surface area contributed by atoms with Gasteiger partial charge in [0.15, 0.2) is 0 Å². The average molecular weight is 359 g/mol. The molecule has 2 atom stereocenters. The molecule has 0 spiro atoms. The Morgan fingerprint density at radius 1 is 1.33 bits per heavy atom. The van der Waals surface area contributed by atoms with Crippen LogP contribution in [0.2, 0.25) is 0 Å². The molecule has 7 nitrogen and oxygen atoms in total. The number of nitrogens with one attached hydrogen (secondary N) is 1. The van der Waals surface area contributed by atoms with Crippen LogP contribution in [-0.4, -0.2) is 60.1 Å². The van der Waals surface area contributed by atoms with Crippen LogP contribution in [0.3, 0.4) is 0 Å². The van der Waals surface area contributed by atoms with Crippen molar-refractivity contribution in [1.29, 1.82) is 0 Å². The van der Waals surface area contributed by atoms with E-state index in [0.717, 1.165) is 11.3 Å². The van der Waals surface area contributed by atoms with Crippen LogP contribution in [0, 0.1) is 0 Å². The Kier molecular flexibility index (Phi) is 6.41. The zero-order valence-electron chi connectivity index (χ0n) is 15.3. The zero-order chi connectivity index (χ0) is 17.9. The lowest BCUT2D eigenvalue weighted by Gasteiger charge is -2.34. The number of sulfonamides is 1. The van der Waals surface area contributed by atoms with Gasteiger partial charge in [0.05, 0.1) is 23.7 Å². The Labute approximate surface area is 145 Å². The van der Waals surface area contributed by atoms with Gasteiger partial charge >= 0.3 is 0 Å². The maximum Gasteiger partial charge on any atom is 0.215 e. The molecule has 1 aliphatic heterocycles. The van der Waals surface area contributed by atoms with Gasteiger partial charge in [-0.3, -0.25) is 4.68 Å². The second-order valence-corrected chi connectivity index (χ2v) is 9.02. The molecule has 0 aromatic carbocycles. The van der Waals surface area contributed by atoms with Crippen molar-refractivity contribution >= 4 is 10.0 Å². The topological polar surface area (TPSA) is 76.5 Å². The summed E-state index contributed by atoms with van der Waals surface area (Å²) in [5.74, 6) is 0.451. The highest BCUT2D eigenvalue weighted by Gasteiger charge is 2.30. The normalized spacial score (nSPS) is 23.1. The number of morpholine rings is 1. The van der Waals surface area contributed by atoms with Crippen LogP contribution >= 0.6 is 0 Å². The van der Waals surface area contributed by atoms with Gasteiger partial charge in [0.25, 0.3) is 0 Å². The highest BCUT2D eigenvalue weighted by atomic mass is 32.2. The first-order chi connectivity index (χ1) is 11.2. The molecular formula is C16H30N4O3S. The predicted octanol–water partition coefficient (Wildman–Crippen LogP) is 1.07. The van der Waals surface area contributed by atoms with Crippen molar-refractivity contribution in [3.8, 4) is 0 Å². The molecular weight excluding hydrogens is 328 g/mol. The van der Waals surface area contributed by atoms with E-state index >= 15 is 0 Å². The molecule has 8 heteroatoms. The molecule has 0 saturated carbocycles. The van der Waals surface area contributed by atoms with Crippen molar-refractivity contribution in [2.45, 2.75) is 52.4 Å². The number of aromatic nitrogens is 2. The van der Waals surface area contributed by atoms with Gasteiger partial charge in [-0.2, -0.15) is 9.40 Å². The minimum Gasteiger partial charge on any atom is -0.373 e. The molecule has 1 fully saturated rings. The molecule has 0 radical (unpaired) electrons. The molecule has 24 heavy (non-hydrogen) atoms. The Hall–Kier alpha value is -0.960. The third-order valence-electron chi connectivity index (χ3n) is 4.12. The maximum absolute atomic E-state index is 12.5. The van der Waals surface area contributed by atoms with Crippen molar-refractivity contribution in [3.63, 3.8) is 0 Å². The van der Waals surface area contributed by atoms with Gasteiger partial charge in [0.1, 0.15) is 0 Å². The molecule has 1 N–H and O–H groups in total. The Balaban J connectivity index is 1.85. The highest BCUT2D eigenvalue weighted by Crippen LogP contribution is 2.17. The van der Waals surface area contributed by atoms with Crippen molar-refractivity contribution in [2.24, 2.45) is 7.05 Å². The summed E-state index contributed by atoms with van der Waals surface area (Å²) in [6, 6.07) is 0. The van der Waals surface area contributed by atoms with Crippen LogP contribution in [0.25, 0.3) is 0 Å². The third-order valence-corrected chi connectivity index (χ3v) is 5.92. The van der Waals surface area contributed by atoms with Gasteiger partial charge in [-0.1, -0.05) is 13.8 Å². The number of hydrogen-bond acceptors (Lipinski definition) is 5. The molecule has 0 amide bonds. The van der Waals surface area contributed by atoms with Gasteiger partial charge in [0.2, 0.25) is 10.0 Å². The predicted molar refractivity (Wildman–Crippen MR) is 94.4 cm³/mol. The summed E-state index contributed by atoms with van der Waals surface area (Å²) < 4.78 is 33.9. The second-order valence-electron chi connectivity index (χ2n) is 6.94. The molecule has 138 valence electrons. The van der Waals surface area contributed by atoms with Crippen LogP contribution in [0.1, 0.15) is 44.9 Å². The van der Waals surface area contributed by atoms with Crippen LogP contribution in [0.15, 0.2) is 6.20 Å². The summed E-state index contributed by atoms with van der Waals surface area (Å²) in [7, 11) is -1.35. The highest BCUT2D eigenvalue weighted by molar-refractivity contribution is 7.89. The molecule has 2 rings (SSSR count). The van der Waals surface area contributed by atoms with Gasteiger partial charge in [-0.25, -0.2) is 8.42 Å². The smallest absolute Gasteiger partial charge is 0.215 e. The van der Waals surface area contributed by atoms with E-state index in [9.17, 15) is 8.42 Å². The van der Waals surface area contributed by atoms with Gasteiger partial charge in [-0.15, -0.1) is 0 Å². The van der Waals surface area contributed by atoms with Crippen LogP contribution in [0.5, 0.6) is 0 Å². The third kappa shape index (κ3) is 5.02. The van der Waals surface area contributed by atoms with E-state index in [1.54, 1.807) is 8.99 Å². The van der Waals surface area contributed by atoms with Crippen LogP contribution < -0.4 is 5.32 Å². The van der Waals surface area contributed by atoms with Gasteiger partial charge < -0.3 is 10.1 Å². The second kappa shape index (κ2) is 7.95. The van der Waals surface area contributed by atoms with Crippen molar-refractivity contribution in [2.75, 3.05) is 25.4 Å². The van der Waals surface area contributed by atoms with Crippen LogP contribution in [-0.2, 0) is 28.4 Å². The fourth-order valence-electron chi connectivity index (χ4n) is 3.09. The minimum atomic E-state index is -3.25. The largest absolute Gasteiger partial charge is 0.373 e. The van der Waals surface area contributed by atoms with E-state index in [0.29, 0.717) is 32.1 Å². The van der Waals surface area contributed by atoms with Crippen molar-refractivity contribution in [3.05, 3.63) is 17.5 Å². The average Bonchev–Trinajstić information content (AvgIpc) is 2.84. The first-order valence-corrected chi connectivity index (χ1v) is 10.2. The number of aryl methyl sites for hydroxylation is 1. The Morgan fingerprint density at radius 3 is 2.54 bits per heavy atom. The Bertz CT molecular complexity index is 632. The molecule has 1 aromatic rings. The summed E-state index contributed by atoms with van der Waals surface area (Å²) in [5, 5.41) is 7.70. The standard InChI is InChI=1S/C16H30N4O3S/c1-12(2)16-15(11-19(5)18-16)8-17-6-7-24(21,22)20-9-13(3)23-14(4)10-20/h11-14,17H,6-10H2,1-5H3/t13-,14-/m0/s1. The quantitative estimate of drug-likeness (QED) is 0.738. The summed E-state index contributed by atoms with van der Waals surface area (Å²) in [5.41, 5.74) is 2.18. The number of rotatable bonds is 7. The lowest BCUT2D eigenvalue weighted by atomic mass is 10.1. The van der Waals surface area contributed by atoms with E-state index in [-0.39, 0.29) is 18.0 Å². The van der Waals surface area contributed by atoms with E-state index in [4.69, 9.17) is 4.74 Å². The molecule has 2 heterocycles. The SMILES string of the molecule is CC(C)c1nn(C)cc1CNCCS(=O)(=O)N1C[C@H](C)O[C@@H](C)C1. The van der Waals surface area contributed by atoms with E-state index in [1.807, 2.05) is 27.1 Å². The summed E-state index contributed by atoms with van der Waals surface area (Å²) in [4.78, 5) is 0. The van der Waals surface area contributed by atoms with Gasteiger partial charge in [-0.05, 0) is 19.8 Å². The summed E-state index contributed by atoms with van der Waals surface area (Å²) >= 11 is 0. The van der Waals surface area contributed by atoms with Crippen molar-refractivity contribution < 1.29 is 13.2 Å². The monoisotopic (exact) mass is 358 g/mol. The molecule has 0 aliphatic carbocycles. The summed E-state index contributed by atoms with van der Waals surface area (Å²) in [6.07, 6.45) is 1.88. The van der Waals surface area contributed by atoms with Crippen LogP contribution in [0.4, 0.5) is 0 Å². The number of hydrogen-bond donors (Lipinski definition) is 1. The summed E-state index contributed by atoms with van der Waals surface area (Å²) in [6.45, 7) is 9.97. The number of ether oxygens (including phenoxy) is 1. The number of nitrogens with zero attached hydrogens (tertiary/aromatic N) is 3.